The molecule has 33 heavy (non-hydrogen) atoms. The van der Waals surface area contributed by atoms with Gasteiger partial charge in [0.15, 0.2) is 0 Å². The van der Waals surface area contributed by atoms with Crippen LogP contribution < -0.4 is 10.3 Å². The van der Waals surface area contributed by atoms with Crippen LogP contribution in [0.25, 0.3) is 21.9 Å². The summed E-state index contributed by atoms with van der Waals surface area (Å²) in [5.41, 5.74) is 3.66. The predicted octanol–water partition coefficient (Wildman–Crippen LogP) is 5.45. The van der Waals surface area contributed by atoms with Crippen LogP contribution in [-0.2, 0) is 13.6 Å². The molecule has 0 spiro atoms. The van der Waals surface area contributed by atoms with Gasteiger partial charge in [0.1, 0.15) is 11.4 Å². The maximum absolute atomic E-state index is 13.8. The third-order valence-electron chi connectivity index (χ3n) is 5.90. The smallest absolute Gasteiger partial charge is 0.271 e. The van der Waals surface area contributed by atoms with Gasteiger partial charge in [-0.15, -0.1) is 0 Å². The number of nitrogens with zero attached hydrogens (tertiary/aromatic N) is 2. The van der Waals surface area contributed by atoms with Crippen molar-refractivity contribution in [3.05, 3.63) is 98.9 Å². The first-order chi connectivity index (χ1) is 15.8. The highest BCUT2D eigenvalue weighted by Crippen LogP contribution is 2.34. The van der Waals surface area contributed by atoms with E-state index >= 15 is 0 Å². The lowest BCUT2D eigenvalue weighted by atomic mass is 9.93. The van der Waals surface area contributed by atoms with Crippen LogP contribution in [0.2, 0.25) is 5.02 Å². The molecule has 4 aromatic rings. The predicted molar refractivity (Wildman–Crippen MR) is 133 cm³/mol. The molecule has 168 valence electrons. The molecule has 0 saturated heterocycles. The third-order valence-corrected chi connectivity index (χ3v) is 6.14. The summed E-state index contributed by atoms with van der Waals surface area (Å²) in [6.07, 6.45) is 0. The number of carbonyl (C=O) groups is 1. The summed E-state index contributed by atoms with van der Waals surface area (Å²) < 4.78 is 6.67. The van der Waals surface area contributed by atoms with Gasteiger partial charge in [-0.2, -0.15) is 0 Å². The van der Waals surface area contributed by atoms with Gasteiger partial charge in [-0.25, -0.2) is 0 Å². The average Bonchev–Trinajstić information content (AvgIpc) is 2.81. The van der Waals surface area contributed by atoms with Crippen LogP contribution >= 0.6 is 11.6 Å². The minimum Gasteiger partial charge on any atom is -0.497 e. The Morgan fingerprint density at radius 1 is 1.03 bits per heavy atom. The number of benzene rings is 3. The fourth-order valence-electron chi connectivity index (χ4n) is 4.12. The number of aryl methyl sites for hydroxylation is 1. The second-order valence-electron chi connectivity index (χ2n) is 8.10. The van der Waals surface area contributed by atoms with Gasteiger partial charge in [-0.1, -0.05) is 48.0 Å². The molecule has 3 aromatic carbocycles. The minimum absolute atomic E-state index is 0.236. The van der Waals surface area contributed by atoms with Crippen LogP contribution in [0.1, 0.15) is 21.6 Å². The Morgan fingerprint density at radius 2 is 1.73 bits per heavy atom. The lowest BCUT2D eigenvalue weighted by molar-refractivity contribution is 0.0775. The maximum Gasteiger partial charge on any atom is 0.271 e. The van der Waals surface area contributed by atoms with Gasteiger partial charge in [0, 0.05) is 36.6 Å². The van der Waals surface area contributed by atoms with Crippen molar-refractivity contribution in [2.45, 2.75) is 13.5 Å². The fourth-order valence-corrected chi connectivity index (χ4v) is 4.29. The van der Waals surface area contributed by atoms with E-state index in [1.807, 2.05) is 55.5 Å². The Bertz CT molecular complexity index is 1410. The highest BCUT2D eigenvalue weighted by Gasteiger charge is 2.25. The molecule has 0 radical (unpaired) electrons. The SMILES string of the molecule is COc1ccc(CN(C)C(=O)c2c(-c3ccccc3C)c3cc(Cl)ccc3c(=O)n2C)cc1. The molecule has 0 aliphatic carbocycles. The third kappa shape index (κ3) is 4.24. The molecule has 0 aliphatic rings. The van der Waals surface area contributed by atoms with Gasteiger partial charge in [0.25, 0.3) is 11.5 Å². The number of pyridine rings is 1. The molecule has 4 rings (SSSR count). The number of aromatic nitrogens is 1. The van der Waals surface area contributed by atoms with Crippen molar-refractivity contribution >= 4 is 28.3 Å². The monoisotopic (exact) mass is 460 g/mol. The van der Waals surface area contributed by atoms with E-state index in [0.717, 1.165) is 22.4 Å². The molecule has 0 atom stereocenters. The second-order valence-corrected chi connectivity index (χ2v) is 8.54. The van der Waals surface area contributed by atoms with Crippen molar-refractivity contribution in [1.82, 2.24) is 9.47 Å². The Balaban J connectivity index is 1.91. The molecule has 0 N–H and O–H groups in total. The Hall–Kier alpha value is -3.57. The van der Waals surface area contributed by atoms with Crippen LogP contribution in [0.15, 0.2) is 71.5 Å². The van der Waals surface area contributed by atoms with Gasteiger partial charge in [0.05, 0.1) is 7.11 Å². The molecule has 5 nitrogen and oxygen atoms in total. The number of rotatable bonds is 5. The average molecular weight is 461 g/mol. The standard InChI is InChI=1S/C27H25ClN2O3/c1-17-7-5-6-8-21(17)24-23-15-19(28)11-14-22(23)26(31)30(3)25(24)27(32)29(2)16-18-9-12-20(33-4)13-10-18/h5-15H,16H2,1-4H3. The Labute approximate surface area is 197 Å². The molecule has 0 fully saturated rings. The number of methoxy groups -OCH3 is 1. The summed E-state index contributed by atoms with van der Waals surface area (Å²) in [6, 6.07) is 20.6. The molecule has 0 bridgehead atoms. The van der Waals surface area contributed by atoms with Crippen molar-refractivity contribution in [2.24, 2.45) is 7.05 Å². The summed E-state index contributed by atoms with van der Waals surface area (Å²) >= 11 is 6.32. The van der Waals surface area contributed by atoms with Crippen molar-refractivity contribution in [3.8, 4) is 16.9 Å². The summed E-state index contributed by atoms with van der Waals surface area (Å²) in [6.45, 7) is 2.38. The number of amides is 1. The molecule has 0 aliphatic heterocycles. The lowest BCUT2D eigenvalue weighted by Gasteiger charge is -2.23. The quantitative estimate of drug-likeness (QED) is 0.398. The maximum atomic E-state index is 13.8. The van der Waals surface area contributed by atoms with E-state index in [1.54, 1.807) is 44.3 Å². The molecule has 0 unspecified atom stereocenters. The zero-order valence-electron chi connectivity index (χ0n) is 19.1. The summed E-state index contributed by atoms with van der Waals surface area (Å²) in [7, 11) is 5.00. The fraction of sp³-hybridized carbons (Fsp3) is 0.185. The van der Waals surface area contributed by atoms with Crippen LogP contribution in [-0.4, -0.2) is 29.5 Å². The van der Waals surface area contributed by atoms with Crippen LogP contribution in [0, 0.1) is 6.92 Å². The number of hydrogen-bond acceptors (Lipinski definition) is 3. The zero-order chi connectivity index (χ0) is 23.7. The van der Waals surface area contributed by atoms with Crippen molar-refractivity contribution < 1.29 is 9.53 Å². The van der Waals surface area contributed by atoms with Crippen molar-refractivity contribution in [2.75, 3.05) is 14.2 Å². The van der Waals surface area contributed by atoms with Gasteiger partial charge in [-0.05, 0) is 59.3 Å². The zero-order valence-corrected chi connectivity index (χ0v) is 19.8. The number of hydrogen-bond donors (Lipinski definition) is 0. The van der Waals surface area contributed by atoms with Crippen LogP contribution in [0.3, 0.4) is 0 Å². The largest absolute Gasteiger partial charge is 0.497 e. The second kappa shape index (κ2) is 9.12. The Kier molecular flexibility index (Phi) is 6.25. The molecular weight excluding hydrogens is 436 g/mol. The van der Waals surface area contributed by atoms with Crippen molar-refractivity contribution in [3.63, 3.8) is 0 Å². The molecule has 1 heterocycles. The van der Waals surface area contributed by atoms with E-state index < -0.39 is 0 Å². The van der Waals surface area contributed by atoms with E-state index in [-0.39, 0.29) is 11.5 Å². The lowest BCUT2D eigenvalue weighted by Crippen LogP contribution is -2.33. The highest BCUT2D eigenvalue weighted by molar-refractivity contribution is 6.31. The van der Waals surface area contributed by atoms with E-state index in [1.165, 1.54) is 4.57 Å². The van der Waals surface area contributed by atoms with E-state index in [0.29, 0.717) is 33.6 Å². The van der Waals surface area contributed by atoms with E-state index in [2.05, 4.69) is 0 Å². The molecule has 6 heteroatoms. The van der Waals surface area contributed by atoms with Crippen LogP contribution in [0.5, 0.6) is 5.75 Å². The first kappa shape index (κ1) is 22.6. The summed E-state index contributed by atoms with van der Waals surface area (Å²) in [5, 5.41) is 1.70. The van der Waals surface area contributed by atoms with Crippen molar-refractivity contribution in [1.29, 1.82) is 0 Å². The van der Waals surface area contributed by atoms with Crippen LogP contribution in [0.4, 0.5) is 0 Å². The summed E-state index contributed by atoms with van der Waals surface area (Å²) in [5.74, 6) is 0.508. The molecule has 1 aromatic heterocycles. The number of fused-ring (bicyclic) bond motifs is 1. The topological polar surface area (TPSA) is 51.5 Å². The van der Waals surface area contributed by atoms with Gasteiger partial charge >= 0.3 is 0 Å². The Morgan fingerprint density at radius 3 is 2.39 bits per heavy atom. The number of carbonyl (C=O) groups excluding carboxylic acids is 1. The van der Waals surface area contributed by atoms with Gasteiger partial charge in [0.2, 0.25) is 0 Å². The molecule has 0 saturated carbocycles. The minimum atomic E-state index is -0.245. The van der Waals surface area contributed by atoms with E-state index in [9.17, 15) is 9.59 Å². The normalized spacial score (nSPS) is 10.9. The molecular formula is C27H25ClN2O3. The van der Waals surface area contributed by atoms with Gasteiger partial charge in [-0.3, -0.25) is 9.59 Å². The van der Waals surface area contributed by atoms with E-state index in [4.69, 9.17) is 16.3 Å². The number of halogens is 1. The summed E-state index contributed by atoms with van der Waals surface area (Å²) in [4.78, 5) is 28.6. The highest BCUT2D eigenvalue weighted by atomic mass is 35.5. The number of ether oxygens (including phenoxy) is 1. The molecule has 1 amide bonds. The first-order valence-corrected chi connectivity index (χ1v) is 11.0. The van der Waals surface area contributed by atoms with Gasteiger partial charge < -0.3 is 14.2 Å². The first-order valence-electron chi connectivity index (χ1n) is 10.6.